The molecule has 9 heteroatoms. The number of hydrazine groups is 1. The molecule has 0 aliphatic carbocycles. The number of hydrogen-bond donors (Lipinski definition) is 2. The molecule has 0 aliphatic rings. The molecule has 2 aromatic rings. The van der Waals surface area contributed by atoms with Crippen LogP contribution in [0.3, 0.4) is 0 Å². The van der Waals surface area contributed by atoms with E-state index in [0.717, 1.165) is 22.8 Å². The molecule has 2 rings (SSSR count). The molecule has 0 aliphatic heterocycles. The average molecular weight is 320 g/mol. The van der Waals surface area contributed by atoms with Crippen LogP contribution in [0.2, 0.25) is 0 Å². The zero-order valence-electron chi connectivity index (χ0n) is 11.7. The van der Waals surface area contributed by atoms with Crippen molar-refractivity contribution in [3.63, 3.8) is 0 Å². The fraction of sp³-hybridized carbons (Fsp3) is 0.500. The van der Waals surface area contributed by atoms with E-state index in [2.05, 4.69) is 15.4 Å². The van der Waals surface area contributed by atoms with E-state index in [4.69, 9.17) is 10.6 Å². The summed E-state index contributed by atoms with van der Waals surface area (Å²) >= 11 is 1.44. The van der Waals surface area contributed by atoms with Gasteiger partial charge in [-0.1, -0.05) is 0 Å². The number of nitrogens with zero attached hydrogens (tertiary/aromatic N) is 2. The molecule has 3 N–H and O–H groups in total. The minimum Gasteiger partial charge on any atom is -0.361 e. The van der Waals surface area contributed by atoms with E-state index in [1.165, 1.54) is 11.3 Å². The van der Waals surface area contributed by atoms with E-state index in [0.29, 0.717) is 10.6 Å². The maximum absolute atomic E-state index is 12.4. The smallest absolute Gasteiger partial charge is 0.361 e. The lowest BCUT2D eigenvalue weighted by atomic mass is 10.2. The van der Waals surface area contributed by atoms with Crippen molar-refractivity contribution in [3.8, 4) is 0 Å². The highest BCUT2D eigenvalue weighted by Crippen LogP contribution is 2.33. The highest BCUT2D eigenvalue weighted by molar-refractivity contribution is 7.18. The summed E-state index contributed by atoms with van der Waals surface area (Å²) in [7, 11) is 0. The second-order valence-corrected chi connectivity index (χ2v) is 5.79. The number of alkyl halides is 3. The number of thiophene rings is 1. The number of aryl methyl sites for hydroxylation is 2. The second-order valence-electron chi connectivity index (χ2n) is 4.59. The standard InChI is InChI=1S/C12H15F3N4OS/c1-5-6(2)21-11-9(5)10(19-16)17-8(18-11)4-20-7(3)12(13,14)15/h7H,4,16H2,1-3H3,(H,17,18,19). The Balaban J connectivity index is 2.30. The minimum absolute atomic E-state index is 0.160. The van der Waals surface area contributed by atoms with Crippen LogP contribution in [-0.4, -0.2) is 22.2 Å². The lowest BCUT2D eigenvalue weighted by Crippen LogP contribution is -2.28. The molecule has 0 amide bonds. The van der Waals surface area contributed by atoms with Gasteiger partial charge in [0.25, 0.3) is 0 Å². The van der Waals surface area contributed by atoms with Crippen molar-refractivity contribution in [2.75, 3.05) is 5.43 Å². The predicted octanol–water partition coefficient (Wildman–Crippen LogP) is 3.06. The molecule has 2 aromatic heterocycles. The summed E-state index contributed by atoms with van der Waals surface area (Å²) in [4.78, 5) is 10.1. The Hall–Kier alpha value is -1.45. The van der Waals surface area contributed by atoms with Crippen molar-refractivity contribution < 1.29 is 17.9 Å². The monoisotopic (exact) mass is 320 g/mol. The van der Waals surface area contributed by atoms with Crippen LogP contribution in [0.5, 0.6) is 0 Å². The maximum atomic E-state index is 12.4. The molecule has 1 atom stereocenters. The number of aromatic nitrogens is 2. The van der Waals surface area contributed by atoms with Gasteiger partial charge in [-0.05, 0) is 26.3 Å². The highest BCUT2D eigenvalue weighted by Gasteiger charge is 2.37. The van der Waals surface area contributed by atoms with Gasteiger partial charge in [0.2, 0.25) is 0 Å². The molecule has 0 saturated heterocycles. The van der Waals surface area contributed by atoms with Gasteiger partial charge in [0, 0.05) is 4.88 Å². The molecule has 21 heavy (non-hydrogen) atoms. The number of rotatable bonds is 4. The number of ether oxygens (including phenoxy) is 1. The van der Waals surface area contributed by atoms with Crippen LogP contribution >= 0.6 is 11.3 Å². The van der Waals surface area contributed by atoms with Gasteiger partial charge in [0.1, 0.15) is 11.4 Å². The Bertz CT molecular complexity index is 656. The van der Waals surface area contributed by atoms with Crippen LogP contribution < -0.4 is 11.3 Å². The van der Waals surface area contributed by atoms with Crippen molar-refractivity contribution in [3.05, 3.63) is 16.3 Å². The molecular formula is C12H15F3N4OS. The molecule has 2 heterocycles. The summed E-state index contributed by atoms with van der Waals surface area (Å²) < 4.78 is 42.0. The molecule has 1 unspecified atom stereocenters. The zero-order chi connectivity index (χ0) is 15.8. The number of nitrogens with two attached hydrogens (primary N) is 1. The van der Waals surface area contributed by atoms with Gasteiger partial charge in [-0.25, -0.2) is 15.8 Å². The third-order valence-electron chi connectivity index (χ3n) is 3.14. The van der Waals surface area contributed by atoms with E-state index >= 15 is 0 Å². The SMILES string of the molecule is Cc1sc2nc(COC(C)C(F)(F)F)nc(NN)c2c1C. The fourth-order valence-corrected chi connectivity index (χ4v) is 2.80. The summed E-state index contributed by atoms with van der Waals surface area (Å²) in [6, 6.07) is 0. The van der Waals surface area contributed by atoms with Gasteiger partial charge < -0.3 is 10.2 Å². The number of fused-ring (bicyclic) bond motifs is 1. The molecule has 5 nitrogen and oxygen atoms in total. The number of anilines is 1. The summed E-state index contributed by atoms with van der Waals surface area (Å²) in [6.45, 7) is 4.46. The normalized spacial score (nSPS) is 13.7. The second kappa shape index (κ2) is 5.74. The number of halogens is 3. The first kappa shape index (κ1) is 15.9. The van der Waals surface area contributed by atoms with Crippen LogP contribution in [0.4, 0.5) is 19.0 Å². The van der Waals surface area contributed by atoms with E-state index in [-0.39, 0.29) is 12.4 Å². The van der Waals surface area contributed by atoms with E-state index < -0.39 is 12.3 Å². The van der Waals surface area contributed by atoms with Crippen molar-refractivity contribution in [1.29, 1.82) is 0 Å². The molecule has 0 saturated carbocycles. The largest absolute Gasteiger partial charge is 0.414 e. The fourth-order valence-electron chi connectivity index (χ4n) is 1.76. The molecule has 0 bridgehead atoms. The molecule has 0 fully saturated rings. The van der Waals surface area contributed by atoms with E-state index in [1.54, 1.807) is 0 Å². The minimum atomic E-state index is -4.41. The van der Waals surface area contributed by atoms with E-state index in [9.17, 15) is 13.2 Å². The van der Waals surface area contributed by atoms with Gasteiger partial charge in [-0.2, -0.15) is 13.2 Å². The Kier molecular flexibility index (Phi) is 4.35. The first-order valence-corrected chi connectivity index (χ1v) is 6.97. The first-order chi connectivity index (χ1) is 9.74. The summed E-state index contributed by atoms with van der Waals surface area (Å²) in [5.74, 6) is 5.98. The van der Waals surface area contributed by atoms with Gasteiger partial charge >= 0.3 is 6.18 Å². The van der Waals surface area contributed by atoms with Crippen molar-refractivity contribution in [2.45, 2.75) is 39.7 Å². The van der Waals surface area contributed by atoms with Crippen molar-refractivity contribution in [1.82, 2.24) is 9.97 Å². The topological polar surface area (TPSA) is 73.1 Å². The van der Waals surface area contributed by atoms with Crippen molar-refractivity contribution >= 4 is 27.4 Å². The Morgan fingerprint density at radius 3 is 2.57 bits per heavy atom. The average Bonchev–Trinajstić information content (AvgIpc) is 2.69. The molecule has 0 aromatic carbocycles. The summed E-state index contributed by atoms with van der Waals surface area (Å²) in [5.41, 5.74) is 3.46. The third-order valence-corrected chi connectivity index (χ3v) is 4.24. The summed E-state index contributed by atoms with van der Waals surface area (Å²) in [5, 5.41) is 0.785. The molecular weight excluding hydrogens is 305 g/mol. The van der Waals surface area contributed by atoms with Crippen LogP contribution in [0.1, 0.15) is 23.2 Å². The van der Waals surface area contributed by atoms with Crippen molar-refractivity contribution in [2.24, 2.45) is 5.84 Å². The number of nitrogens with one attached hydrogen (secondary N) is 1. The van der Waals surface area contributed by atoms with Gasteiger partial charge in [-0.3, -0.25) is 0 Å². The molecule has 0 spiro atoms. The lowest BCUT2D eigenvalue weighted by molar-refractivity contribution is -0.217. The Morgan fingerprint density at radius 1 is 1.33 bits per heavy atom. The summed E-state index contributed by atoms with van der Waals surface area (Å²) in [6.07, 6.45) is -6.28. The van der Waals surface area contributed by atoms with E-state index in [1.807, 2.05) is 13.8 Å². The zero-order valence-corrected chi connectivity index (χ0v) is 12.5. The van der Waals surface area contributed by atoms with Crippen LogP contribution in [0, 0.1) is 13.8 Å². The van der Waals surface area contributed by atoms with Gasteiger partial charge in [0.15, 0.2) is 17.7 Å². The lowest BCUT2D eigenvalue weighted by Gasteiger charge is -2.16. The van der Waals surface area contributed by atoms with Crippen LogP contribution in [0.15, 0.2) is 0 Å². The molecule has 0 radical (unpaired) electrons. The number of nitrogen functional groups attached to an aromatic ring is 1. The van der Waals surface area contributed by atoms with Gasteiger partial charge in [-0.15, -0.1) is 11.3 Å². The highest BCUT2D eigenvalue weighted by atomic mass is 32.1. The maximum Gasteiger partial charge on any atom is 0.414 e. The first-order valence-electron chi connectivity index (χ1n) is 6.15. The molecule has 116 valence electrons. The van der Waals surface area contributed by atoms with Crippen LogP contribution in [-0.2, 0) is 11.3 Å². The Morgan fingerprint density at radius 2 is 2.00 bits per heavy atom. The van der Waals surface area contributed by atoms with Crippen LogP contribution in [0.25, 0.3) is 10.2 Å². The quantitative estimate of drug-likeness (QED) is 0.669. The van der Waals surface area contributed by atoms with Gasteiger partial charge in [0.05, 0.1) is 5.39 Å². The Labute approximate surface area is 123 Å². The number of hydrogen-bond acceptors (Lipinski definition) is 6. The third kappa shape index (κ3) is 3.25. The predicted molar refractivity (Wildman–Crippen MR) is 75.0 cm³/mol.